The number of ketones is 1. The van der Waals surface area contributed by atoms with Gasteiger partial charge in [-0.05, 0) is 37.3 Å². The molecule has 0 amide bonds. The van der Waals surface area contributed by atoms with Gasteiger partial charge >= 0.3 is 11.9 Å². The minimum atomic E-state index is -1.27. The van der Waals surface area contributed by atoms with Crippen LogP contribution in [-0.4, -0.2) is 63.4 Å². The maximum absolute atomic E-state index is 13.2. The van der Waals surface area contributed by atoms with Gasteiger partial charge < -0.3 is 24.4 Å². The molecule has 2 fully saturated rings. The number of hydrogen-bond acceptors (Lipinski definition) is 10. The van der Waals surface area contributed by atoms with Crippen LogP contribution in [0, 0.1) is 17.3 Å². The van der Waals surface area contributed by atoms with E-state index in [0.717, 1.165) is 24.8 Å². The first kappa shape index (κ1) is 30.4. The molecule has 3 heterocycles. The van der Waals surface area contributed by atoms with Crippen molar-refractivity contribution in [2.45, 2.75) is 111 Å². The Balaban J connectivity index is 1.79. The van der Waals surface area contributed by atoms with Crippen molar-refractivity contribution in [3.8, 4) is 0 Å². The lowest BCUT2D eigenvalue weighted by molar-refractivity contribution is -0.154. The van der Waals surface area contributed by atoms with E-state index in [4.69, 9.17) is 14.2 Å². The second kappa shape index (κ2) is 12.8. The van der Waals surface area contributed by atoms with Gasteiger partial charge in [0.1, 0.15) is 23.5 Å². The van der Waals surface area contributed by atoms with Gasteiger partial charge in [-0.2, -0.15) is 0 Å². The third-order valence-electron chi connectivity index (χ3n) is 7.74. The summed E-state index contributed by atoms with van der Waals surface area (Å²) in [6.07, 6.45) is 1.69. The zero-order chi connectivity index (χ0) is 28.2. The minimum Gasteiger partial charge on any atom is -0.458 e. The molecule has 212 valence electrons. The smallest absolute Gasteiger partial charge is 0.309 e. The van der Waals surface area contributed by atoms with E-state index in [1.807, 2.05) is 25.3 Å². The number of nitrogens with zero attached hydrogens (tertiary/aromatic N) is 1. The van der Waals surface area contributed by atoms with E-state index < -0.39 is 35.6 Å². The number of aromatic nitrogens is 1. The maximum Gasteiger partial charge on any atom is 0.309 e. The van der Waals surface area contributed by atoms with Gasteiger partial charge in [0, 0.05) is 24.6 Å². The summed E-state index contributed by atoms with van der Waals surface area (Å²) in [6.45, 7) is 10.1. The van der Waals surface area contributed by atoms with E-state index in [1.165, 1.54) is 18.3 Å². The molecule has 0 spiro atoms. The van der Waals surface area contributed by atoms with Crippen molar-refractivity contribution in [2.24, 2.45) is 17.3 Å². The molecule has 7 atom stereocenters. The molecule has 2 saturated heterocycles. The molecule has 1 aromatic rings. The van der Waals surface area contributed by atoms with E-state index in [2.05, 4.69) is 4.98 Å². The monoisotopic (exact) mass is 551 g/mol. The van der Waals surface area contributed by atoms with E-state index in [0.29, 0.717) is 17.1 Å². The highest BCUT2D eigenvalue weighted by Gasteiger charge is 2.44. The Morgan fingerprint density at radius 1 is 1.21 bits per heavy atom. The van der Waals surface area contributed by atoms with Gasteiger partial charge in [0.25, 0.3) is 0 Å². The Morgan fingerprint density at radius 3 is 2.61 bits per heavy atom. The van der Waals surface area contributed by atoms with E-state index >= 15 is 0 Å². The van der Waals surface area contributed by atoms with Crippen LogP contribution in [0.5, 0.6) is 0 Å². The van der Waals surface area contributed by atoms with Gasteiger partial charge in [-0.3, -0.25) is 14.4 Å². The molecule has 38 heavy (non-hydrogen) atoms. The standard InChI is InChI=1S/C28H41NO8S/c1-15-8-7-9-20-22(36-20)11-21(16(2)10-19-14-38-24(29-19)13-35-18(4)30)37-25(32)12-23(31)28(5,6)27(34)17(3)26(15)33/h10,14-15,17,20-23,26,31,33H,7-9,11-13H2,1-6H3/b16-10+/t15-,17+,20+,21-,22-,23-,26?/m0/s1. The van der Waals surface area contributed by atoms with Crippen molar-refractivity contribution in [1.29, 1.82) is 0 Å². The number of carbonyl (C=O) groups is 3. The molecule has 9 nitrogen and oxygen atoms in total. The van der Waals surface area contributed by atoms with Crippen LogP contribution < -0.4 is 0 Å². The van der Waals surface area contributed by atoms with Crippen LogP contribution in [0.2, 0.25) is 0 Å². The number of epoxide rings is 1. The highest BCUT2D eigenvalue weighted by molar-refractivity contribution is 7.09. The zero-order valence-corrected chi connectivity index (χ0v) is 24.0. The van der Waals surface area contributed by atoms with Crippen LogP contribution in [0.4, 0.5) is 0 Å². The van der Waals surface area contributed by atoms with E-state index in [1.54, 1.807) is 20.8 Å². The Bertz CT molecular complexity index is 1030. The van der Waals surface area contributed by atoms with Crippen LogP contribution in [0.3, 0.4) is 0 Å². The lowest BCUT2D eigenvalue weighted by Crippen LogP contribution is -2.45. The third kappa shape index (κ3) is 7.94. The second-order valence-corrected chi connectivity index (χ2v) is 12.2. The fourth-order valence-electron chi connectivity index (χ4n) is 4.96. The average molecular weight is 552 g/mol. The van der Waals surface area contributed by atoms with Gasteiger partial charge in [-0.1, -0.05) is 34.1 Å². The first-order valence-electron chi connectivity index (χ1n) is 13.3. The number of fused-ring (bicyclic) bond motifs is 1. The van der Waals surface area contributed by atoms with Crippen LogP contribution in [-0.2, 0) is 35.2 Å². The summed E-state index contributed by atoms with van der Waals surface area (Å²) < 4.78 is 16.7. The fraction of sp³-hybridized carbons (Fsp3) is 0.714. The molecule has 0 aliphatic carbocycles. The summed E-state index contributed by atoms with van der Waals surface area (Å²) in [5.74, 6) is -2.03. The van der Waals surface area contributed by atoms with Gasteiger partial charge in [-0.25, -0.2) is 4.98 Å². The number of carbonyl (C=O) groups excluding carboxylic acids is 3. The van der Waals surface area contributed by atoms with Crippen LogP contribution in [0.25, 0.3) is 6.08 Å². The van der Waals surface area contributed by atoms with Crippen molar-refractivity contribution in [3.63, 3.8) is 0 Å². The van der Waals surface area contributed by atoms with Crippen molar-refractivity contribution in [3.05, 3.63) is 21.7 Å². The lowest BCUT2D eigenvalue weighted by atomic mass is 9.73. The van der Waals surface area contributed by atoms with Crippen molar-refractivity contribution >= 4 is 35.1 Å². The number of hydrogen-bond donors (Lipinski definition) is 2. The predicted molar refractivity (Wildman–Crippen MR) is 142 cm³/mol. The normalized spacial score (nSPS) is 33.3. The molecule has 1 unspecified atom stereocenters. The summed E-state index contributed by atoms with van der Waals surface area (Å²) >= 11 is 1.37. The molecule has 1 aromatic heterocycles. The first-order valence-corrected chi connectivity index (χ1v) is 14.2. The highest BCUT2D eigenvalue weighted by Crippen LogP contribution is 2.36. The number of aliphatic hydroxyl groups excluding tert-OH is 2. The Labute approximate surface area is 228 Å². The summed E-state index contributed by atoms with van der Waals surface area (Å²) in [5.41, 5.74) is 0.202. The van der Waals surface area contributed by atoms with E-state index in [-0.39, 0.29) is 42.9 Å². The van der Waals surface area contributed by atoms with Crippen LogP contribution in [0.1, 0.15) is 84.3 Å². The van der Waals surface area contributed by atoms with Crippen molar-refractivity contribution in [2.75, 3.05) is 0 Å². The van der Waals surface area contributed by atoms with Crippen molar-refractivity contribution < 1.29 is 38.8 Å². The Morgan fingerprint density at radius 2 is 1.92 bits per heavy atom. The quantitative estimate of drug-likeness (QED) is 0.422. The summed E-state index contributed by atoms with van der Waals surface area (Å²) in [7, 11) is 0. The summed E-state index contributed by atoms with van der Waals surface area (Å²) in [4.78, 5) is 41.7. The molecule has 3 rings (SSSR count). The SMILES string of the molecule is CC(=O)OCc1nc(/C=C(\C)[C@@H]2C[C@@H]3O[C@@H]3CCC[C@H](C)C(O)[C@@H](C)C(=O)C(C)(C)[C@@H](O)CC(=O)O2)cs1. The van der Waals surface area contributed by atoms with Crippen LogP contribution in [0.15, 0.2) is 11.0 Å². The number of esters is 2. The highest BCUT2D eigenvalue weighted by atomic mass is 32.1. The Hall–Kier alpha value is -2.14. The summed E-state index contributed by atoms with van der Waals surface area (Å²) in [6, 6.07) is 0. The number of Topliss-reactive ketones (excluding diaryl/α,β-unsaturated/α-hetero) is 1. The van der Waals surface area contributed by atoms with E-state index in [9.17, 15) is 24.6 Å². The minimum absolute atomic E-state index is 0.0545. The van der Waals surface area contributed by atoms with Gasteiger partial charge in [0.15, 0.2) is 0 Å². The summed E-state index contributed by atoms with van der Waals surface area (Å²) in [5, 5.41) is 24.2. The molecule has 10 heteroatoms. The number of thiazole rings is 1. The van der Waals surface area contributed by atoms with Gasteiger partial charge in [0.2, 0.25) is 0 Å². The lowest BCUT2D eigenvalue weighted by Gasteiger charge is -2.34. The van der Waals surface area contributed by atoms with Gasteiger partial charge in [0.05, 0.1) is 41.9 Å². The fourth-order valence-corrected chi connectivity index (χ4v) is 5.62. The molecule has 0 radical (unpaired) electrons. The van der Waals surface area contributed by atoms with Gasteiger partial charge in [-0.15, -0.1) is 11.3 Å². The number of aliphatic hydroxyl groups is 2. The zero-order valence-electron chi connectivity index (χ0n) is 23.1. The van der Waals surface area contributed by atoms with Crippen molar-refractivity contribution in [1.82, 2.24) is 4.98 Å². The molecule has 2 aliphatic heterocycles. The number of ether oxygens (including phenoxy) is 3. The molecule has 2 aliphatic rings. The molecule has 2 N–H and O–H groups in total. The molecule has 0 saturated carbocycles. The molecule has 0 aromatic carbocycles. The molecular formula is C28H41NO8S. The number of cyclic esters (lactones) is 1. The topological polar surface area (TPSA) is 136 Å². The van der Waals surface area contributed by atoms with Crippen LogP contribution >= 0.6 is 11.3 Å². The largest absolute Gasteiger partial charge is 0.458 e. The maximum atomic E-state index is 13.2. The third-order valence-corrected chi connectivity index (χ3v) is 8.59. The Kier molecular flexibility index (Phi) is 10.2. The second-order valence-electron chi connectivity index (χ2n) is 11.3. The molecular weight excluding hydrogens is 510 g/mol. The molecule has 0 bridgehead atoms. The predicted octanol–water partition coefficient (Wildman–Crippen LogP) is 3.84. The number of rotatable bonds is 4. The first-order chi connectivity index (χ1) is 17.8. The average Bonchev–Trinajstić information content (AvgIpc) is 3.43.